The van der Waals surface area contributed by atoms with Gasteiger partial charge < -0.3 is 10.6 Å². The number of piperazine rings is 1. The summed E-state index contributed by atoms with van der Waals surface area (Å²) in [5.41, 5.74) is 5.31. The van der Waals surface area contributed by atoms with Crippen molar-refractivity contribution in [3.05, 3.63) is 0 Å². The zero-order chi connectivity index (χ0) is 13.8. The van der Waals surface area contributed by atoms with Crippen LogP contribution in [0.4, 0.5) is 13.2 Å². The lowest BCUT2D eigenvalue weighted by atomic mass is 10.2. The van der Waals surface area contributed by atoms with Gasteiger partial charge in [-0.2, -0.15) is 13.2 Å². The molecule has 1 unspecified atom stereocenters. The average molecular weight is 267 g/mol. The molecule has 1 saturated heterocycles. The zero-order valence-corrected chi connectivity index (χ0v) is 10.5. The van der Waals surface area contributed by atoms with Crippen LogP contribution in [-0.4, -0.2) is 60.6 Å². The van der Waals surface area contributed by atoms with Crippen molar-refractivity contribution in [2.24, 2.45) is 5.73 Å². The van der Waals surface area contributed by atoms with Gasteiger partial charge >= 0.3 is 6.18 Å². The number of hydrogen-bond donors (Lipinski definition) is 1. The molecule has 0 aliphatic carbocycles. The van der Waals surface area contributed by atoms with Crippen LogP contribution in [0.3, 0.4) is 0 Å². The predicted molar refractivity (Wildman–Crippen MR) is 62.0 cm³/mol. The van der Waals surface area contributed by atoms with Crippen molar-refractivity contribution < 1.29 is 18.0 Å². The van der Waals surface area contributed by atoms with E-state index in [4.69, 9.17) is 5.73 Å². The van der Waals surface area contributed by atoms with E-state index >= 15 is 0 Å². The first kappa shape index (κ1) is 15.2. The topological polar surface area (TPSA) is 49.6 Å². The quantitative estimate of drug-likeness (QED) is 0.820. The van der Waals surface area contributed by atoms with Crippen molar-refractivity contribution in [2.45, 2.75) is 32.0 Å². The number of nitrogens with two attached hydrogens (primary N) is 1. The van der Waals surface area contributed by atoms with E-state index in [1.54, 1.807) is 4.90 Å². The SMILES string of the molecule is CC(N1CCN(C(=O)CCCN)CC1)C(F)(F)F. The van der Waals surface area contributed by atoms with Gasteiger partial charge in [0, 0.05) is 32.6 Å². The molecule has 1 rings (SSSR count). The summed E-state index contributed by atoms with van der Waals surface area (Å²) < 4.78 is 37.6. The van der Waals surface area contributed by atoms with Crippen LogP contribution < -0.4 is 5.73 Å². The van der Waals surface area contributed by atoms with Crippen LogP contribution in [0.1, 0.15) is 19.8 Å². The Kier molecular flexibility index (Phi) is 5.40. The van der Waals surface area contributed by atoms with Crippen molar-refractivity contribution in [1.29, 1.82) is 0 Å². The molecule has 7 heteroatoms. The Balaban J connectivity index is 2.39. The minimum absolute atomic E-state index is 0.0141. The Labute approximate surface area is 105 Å². The highest BCUT2D eigenvalue weighted by Gasteiger charge is 2.41. The van der Waals surface area contributed by atoms with Crippen molar-refractivity contribution >= 4 is 5.91 Å². The monoisotopic (exact) mass is 267 g/mol. The molecule has 1 amide bonds. The summed E-state index contributed by atoms with van der Waals surface area (Å²) in [6.07, 6.45) is -3.20. The lowest BCUT2D eigenvalue weighted by molar-refractivity contribution is -0.183. The number of hydrogen-bond acceptors (Lipinski definition) is 3. The fraction of sp³-hybridized carbons (Fsp3) is 0.909. The van der Waals surface area contributed by atoms with E-state index in [2.05, 4.69) is 0 Å². The summed E-state index contributed by atoms with van der Waals surface area (Å²) >= 11 is 0. The summed E-state index contributed by atoms with van der Waals surface area (Å²) in [5.74, 6) is -0.0141. The number of amides is 1. The van der Waals surface area contributed by atoms with Gasteiger partial charge in [-0.15, -0.1) is 0 Å². The number of carbonyl (C=O) groups is 1. The number of carbonyl (C=O) groups excluding carboxylic acids is 1. The molecule has 0 aromatic heterocycles. The normalized spacial score (nSPS) is 19.9. The molecule has 106 valence electrons. The Hall–Kier alpha value is -0.820. The van der Waals surface area contributed by atoms with Gasteiger partial charge in [-0.25, -0.2) is 0 Å². The molecule has 18 heavy (non-hydrogen) atoms. The van der Waals surface area contributed by atoms with E-state index in [9.17, 15) is 18.0 Å². The lowest BCUT2D eigenvalue weighted by Crippen LogP contribution is -2.54. The van der Waals surface area contributed by atoms with Crippen LogP contribution in [-0.2, 0) is 4.79 Å². The maximum Gasteiger partial charge on any atom is 0.403 e. The standard InChI is InChI=1S/C11H20F3N3O/c1-9(11(12,13)14)16-5-7-17(8-6-16)10(18)3-2-4-15/h9H,2-8,15H2,1H3. The summed E-state index contributed by atoms with van der Waals surface area (Å²) in [6.45, 7) is 2.89. The molecule has 1 aliphatic heterocycles. The first-order valence-corrected chi connectivity index (χ1v) is 6.15. The van der Waals surface area contributed by atoms with Gasteiger partial charge in [0.1, 0.15) is 6.04 Å². The van der Waals surface area contributed by atoms with E-state index in [0.717, 1.165) is 6.92 Å². The third-order valence-corrected chi connectivity index (χ3v) is 3.28. The zero-order valence-electron chi connectivity index (χ0n) is 10.5. The molecule has 0 aromatic rings. The highest BCUT2D eigenvalue weighted by Crippen LogP contribution is 2.25. The highest BCUT2D eigenvalue weighted by molar-refractivity contribution is 5.76. The van der Waals surface area contributed by atoms with Crippen LogP contribution in [0.25, 0.3) is 0 Å². The minimum Gasteiger partial charge on any atom is -0.340 e. The van der Waals surface area contributed by atoms with E-state index in [0.29, 0.717) is 32.5 Å². The molecule has 1 heterocycles. The molecule has 0 radical (unpaired) electrons. The fourth-order valence-corrected chi connectivity index (χ4v) is 1.98. The molecule has 1 fully saturated rings. The van der Waals surface area contributed by atoms with Gasteiger partial charge in [0.05, 0.1) is 0 Å². The second-order valence-corrected chi connectivity index (χ2v) is 4.53. The van der Waals surface area contributed by atoms with Crippen LogP contribution in [0.2, 0.25) is 0 Å². The molecular weight excluding hydrogens is 247 g/mol. The van der Waals surface area contributed by atoms with E-state index in [1.165, 1.54) is 4.90 Å². The van der Waals surface area contributed by atoms with E-state index in [1.807, 2.05) is 0 Å². The van der Waals surface area contributed by atoms with Crippen molar-refractivity contribution in [2.75, 3.05) is 32.7 Å². The summed E-state index contributed by atoms with van der Waals surface area (Å²) in [5, 5.41) is 0. The third kappa shape index (κ3) is 4.13. The van der Waals surface area contributed by atoms with E-state index < -0.39 is 12.2 Å². The number of alkyl halides is 3. The first-order valence-electron chi connectivity index (χ1n) is 6.15. The van der Waals surface area contributed by atoms with Crippen LogP contribution in [0.15, 0.2) is 0 Å². The van der Waals surface area contributed by atoms with E-state index in [-0.39, 0.29) is 19.0 Å². The third-order valence-electron chi connectivity index (χ3n) is 3.28. The van der Waals surface area contributed by atoms with Crippen LogP contribution in [0.5, 0.6) is 0 Å². The second-order valence-electron chi connectivity index (χ2n) is 4.53. The average Bonchev–Trinajstić information content (AvgIpc) is 2.34. The van der Waals surface area contributed by atoms with Crippen LogP contribution >= 0.6 is 0 Å². The van der Waals surface area contributed by atoms with Crippen LogP contribution in [0, 0.1) is 0 Å². The fourth-order valence-electron chi connectivity index (χ4n) is 1.98. The minimum atomic E-state index is -4.20. The molecule has 0 spiro atoms. The Morgan fingerprint density at radius 1 is 1.28 bits per heavy atom. The van der Waals surface area contributed by atoms with Gasteiger partial charge in [-0.3, -0.25) is 9.69 Å². The molecule has 1 aliphatic rings. The molecular formula is C11H20F3N3O. The molecule has 1 atom stereocenters. The van der Waals surface area contributed by atoms with Gasteiger partial charge in [0.15, 0.2) is 0 Å². The highest BCUT2D eigenvalue weighted by atomic mass is 19.4. The van der Waals surface area contributed by atoms with Gasteiger partial charge in [-0.05, 0) is 19.9 Å². The molecule has 0 saturated carbocycles. The Morgan fingerprint density at radius 3 is 2.28 bits per heavy atom. The Morgan fingerprint density at radius 2 is 1.83 bits per heavy atom. The predicted octanol–water partition coefficient (Wildman–Crippen LogP) is 0.820. The second kappa shape index (κ2) is 6.38. The molecule has 0 aromatic carbocycles. The number of rotatable bonds is 4. The van der Waals surface area contributed by atoms with Crippen molar-refractivity contribution in [3.63, 3.8) is 0 Å². The summed E-state index contributed by atoms with van der Waals surface area (Å²) in [6, 6.07) is -1.45. The number of halogens is 3. The summed E-state index contributed by atoms with van der Waals surface area (Å²) in [7, 11) is 0. The van der Waals surface area contributed by atoms with Gasteiger partial charge in [-0.1, -0.05) is 0 Å². The van der Waals surface area contributed by atoms with Gasteiger partial charge in [0.25, 0.3) is 0 Å². The first-order chi connectivity index (χ1) is 8.36. The van der Waals surface area contributed by atoms with Gasteiger partial charge in [0.2, 0.25) is 5.91 Å². The Bertz CT molecular complexity index is 275. The smallest absolute Gasteiger partial charge is 0.340 e. The molecule has 4 nitrogen and oxygen atoms in total. The molecule has 2 N–H and O–H groups in total. The maximum atomic E-state index is 12.5. The van der Waals surface area contributed by atoms with Crippen molar-refractivity contribution in [1.82, 2.24) is 9.80 Å². The summed E-state index contributed by atoms with van der Waals surface area (Å²) in [4.78, 5) is 14.6. The molecule has 0 bridgehead atoms. The van der Waals surface area contributed by atoms with Crippen molar-refractivity contribution in [3.8, 4) is 0 Å². The lowest BCUT2D eigenvalue weighted by Gasteiger charge is -2.38. The maximum absolute atomic E-state index is 12.5. The number of nitrogens with zero attached hydrogens (tertiary/aromatic N) is 2. The largest absolute Gasteiger partial charge is 0.403 e.